The van der Waals surface area contributed by atoms with Crippen molar-refractivity contribution in [3.8, 4) is 0 Å². The maximum Gasteiger partial charge on any atom is 0.166 e. The van der Waals surface area contributed by atoms with Crippen LogP contribution in [0.25, 0.3) is 21.8 Å². The van der Waals surface area contributed by atoms with Gasteiger partial charge in [-0.25, -0.2) is 15.0 Å². The molecule has 0 amide bonds. The molecule has 0 fully saturated rings. The Balaban J connectivity index is 1.75. The van der Waals surface area contributed by atoms with Crippen molar-refractivity contribution >= 4 is 33.4 Å². The Morgan fingerprint density at radius 1 is 0.917 bits per heavy atom. The number of pyridine rings is 1. The van der Waals surface area contributed by atoms with Crippen LogP contribution < -0.4 is 11.1 Å². The van der Waals surface area contributed by atoms with Gasteiger partial charge in [-0.1, -0.05) is 42.5 Å². The molecule has 0 aliphatic heterocycles. The number of rotatable bonds is 3. The first kappa shape index (κ1) is 14.4. The van der Waals surface area contributed by atoms with Crippen LogP contribution in [0, 0.1) is 0 Å². The second kappa shape index (κ2) is 5.77. The summed E-state index contributed by atoms with van der Waals surface area (Å²) in [6.07, 6.45) is 1.51. The Bertz CT molecular complexity index is 1020. The lowest BCUT2D eigenvalue weighted by Gasteiger charge is -2.18. The number of fused-ring (bicyclic) bond motifs is 2. The SMILES string of the molecule is CC(Nc1ncnc2nc(N)ccc12)c1cccc2ccccc12. The molecule has 0 spiro atoms. The number of benzene rings is 2. The van der Waals surface area contributed by atoms with Crippen LogP contribution in [0.2, 0.25) is 0 Å². The molecule has 0 saturated carbocycles. The van der Waals surface area contributed by atoms with Gasteiger partial charge in [0.1, 0.15) is 18.0 Å². The highest BCUT2D eigenvalue weighted by Crippen LogP contribution is 2.28. The van der Waals surface area contributed by atoms with E-state index in [1.54, 1.807) is 6.07 Å². The van der Waals surface area contributed by atoms with E-state index in [0.29, 0.717) is 11.5 Å². The summed E-state index contributed by atoms with van der Waals surface area (Å²) in [5, 5.41) is 6.81. The summed E-state index contributed by atoms with van der Waals surface area (Å²) in [6.45, 7) is 2.13. The van der Waals surface area contributed by atoms with E-state index >= 15 is 0 Å². The fraction of sp³-hybridized carbons (Fsp3) is 0.105. The molecule has 2 aromatic carbocycles. The van der Waals surface area contributed by atoms with Crippen LogP contribution in [-0.2, 0) is 0 Å². The normalized spacial score (nSPS) is 12.4. The van der Waals surface area contributed by atoms with Gasteiger partial charge in [0.25, 0.3) is 0 Å². The van der Waals surface area contributed by atoms with Crippen molar-refractivity contribution in [3.05, 3.63) is 66.5 Å². The molecule has 0 saturated heterocycles. The lowest BCUT2D eigenvalue weighted by atomic mass is 9.99. The fourth-order valence-electron chi connectivity index (χ4n) is 2.98. The van der Waals surface area contributed by atoms with Gasteiger partial charge in [-0.15, -0.1) is 0 Å². The van der Waals surface area contributed by atoms with E-state index in [0.717, 1.165) is 11.2 Å². The average molecular weight is 315 g/mol. The van der Waals surface area contributed by atoms with E-state index < -0.39 is 0 Å². The van der Waals surface area contributed by atoms with Gasteiger partial charge in [-0.05, 0) is 35.4 Å². The van der Waals surface area contributed by atoms with Crippen LogP contribution in [-0.4, -0.2) is 15.0 Å². The summed E-state index contributed by atoms with van der Waals surface area (Å²) in [7, 11) is 0. The third-order valence-electron chi connectivity index (χ3n) is 4.16. The van der Waals surface area contributed by atoms with E-state index in [1.165, 1.54) is 22.7 Å². The van der Waals surface area contributed by atoms with Gasteiger partial charge in [0.2, 0.25) is 0 Å². The molecule has 0 aliphatic rings. The molecule has 0 radical (unpaired) electrons. The molecule has 4 rings (SSSR count). The number of hydrogen-bond acceptors (Lipinski definition) is 5. The zero-order valence-electron chi connectivity index (χ0n) is 13.3. The number of nitrogen functional groups attached to an aromatic ring is 1. The zero-order chi connectivity index (χ0) is 16.5. The molecule has 1 atom stereocenters. The van der Waals surface area contributed by atoms with Gasteiger partial charge in [0.05, 0.1) is 11.4 Å². The van der Waals surface area contributed by atoms with Crippen LogP contribution in [0.5, 0.6) is 0 Å². The number of hydrogen-bond donors (Lipinski definition) is 2. The molecular weight excluding hydrogens is 298 g/mol. The fourth-order valence-corrected chi connectivity index (χ4v) is 2.98. The Morgan fingerprint density at radius 3 is 2.67 bits per heavy atom. The van der Waals surface area contributed by atoms with Crippen molar-refractivity contribution in [2.45, 2.75) is 13.0 Å². The Labute approximate surface area is 139 Å². The quantitative estimate of drug-likeness (QED) is 0.599. The van der Waals surface area contributed by atoms with E-state index in [4.69, 9.17) is 5.73 Å². The van der Waals surface area contributed by atoms with Crippen molar-refractivity contribution in [2.75, 3.05) is 11.1 Å². The predicted molar refractivity (Wildman–Crippen MR) is 97.7 cm³/mol. The molecule has 3 N–H and O–H groups in total. The smallest absolute Gasteiger partial charge is 0.166 e. The largest absolute Gasteiger partial charge is 0.384 e. The first-order valence-corrected chi connectivity index (χ1v) is 7.84. The maximum absolute atomic E-state index is 5.74. The number of nitrogens with one attached hydrogen (secondary N) is 1. The lowest BCUT2D eigenvalue weighted by molar-refractivity contribution is 0.884. The van der Waals surface area contributed by atoms with Crippen LogP contribution in [0.1, 0.15) is 18.5 Å². The minimum Gasteiger partial charge on any atom is -0.384 e. The molecule has 2 aromatic heterocycles. The first-order valence-electron chi connectivity index (χ1n) is 7.84. The van der Waals surface area contributed by atoms with Crippen molar-refractivity contribution in [1.29, 1.82) is 0 Å². The molecule has 0 bridgehead atoms. The number of nitrogens with zero attached hydrogens (tertiary/aromatic N) is 3. The highest BCUT2D eigenvalue weighted by molar-refractivity contribution is 5.89. The van der Waals surface area contributed by atoms with Gasteiger partial charge in [-0.2, -0.15) is 0 Å². The number of aromatic nitrogens is 3. The highest BCUT2D eigenvalue weighted by atomic mass is 15.1. The lowest BCUT2D eigenvalue weighted by Crippen LogP contribution is -2.09. The van der Waals surface area contributed by atoms with Gasteiger partial charge >= 0.3 is 0 Å². The van der Waals surface area contributed by atoms with Crippen molar-refractivity contribution in [1.82, 2.24) is 15.0 Å². The summed E-state index contributed by atoms with van der Waals surface area (Å²) < 4.78 is 0. The molecule has 24 heavy (non-hydrogen) atoms. The minimum atomic E-state index is 0.0896. The van der Waals surface area contributed by atoms with Crippen LogP contribution in [0.4, 0.5) is 11.6 Å². The van der Waals surface area contributed by atoms with Gasteiger partial charge in [0, 0.05) is 0 Å². The first-order chi connectivity index (χ1) is 11.7. The number of nitrogens with two attached hydrogens (primary N) is 1. The third kappa shape index (κ3) is 2.50. The van der Waals surface area contributed by atoms with E-state index in [2.05, 4.69) is 69.7 Å². The van der Waals surface area contributed by atoms with Crippen LogP contribution >= 0.6 is 0 Å². The summed E-state index contributed by atoms with van der Waals surface area (Å²) >= 11 is 0. The van der Waals surface area contributed by atoms with Gasteiger partial charge in [0.15, 0.2) is 5.65 Å². The average Bonchev–Trinajstić information content (AvgIpc) is 2.61. The second-order valence-electron chi connectivity index (χ2n) is 5.76. The Morgan fingerprint density at radius 2 is 1.75 bits per heavy atom. The summed E-state index contributed by atoms with van der Waals surface area (Å²) in [6, 6.07) is 18.5. The monoisotopic (exact) mass is 315 g/mol. The zero-order valence-corrected chi connectivity index (χ0v) is 13.3. The standard InChI is InChI=1S/C19H17N5/c1-12(14-8-4-6-13-5-2-3-7-15(13)14)23-18-16-9-10-17(20)24-19(16)22-11-21-18/h2-12H,1H3,(H3,20,21,22,23,24). The predicted octanol–water partition coefficient (Wildman–Crippen LogP) is 3.93. The maximum atomic E-state index is 5.74. The van der Waals surface area contributed by atoms with E-state index in [9.17, 15) is 0 Å². The van der Waals surface area contributed by atoms with E-state index in [-0.39, 0.29) is 6.04 Å². The molecule has 5 nitrogen and oxygen atoms in total. The molecule has 5 heteroatoms. The third-order valence-corrected chi connectivity index (χ3v) is 4.16. The van der Waals surface area contributed by atoms with Crippen LogP contribution in [0.15, 0.2) is 60.9 Å². The Kier molecular flexibility index (Phi) is 3.46. The molecule has 4 aromatic rings. The summed E-state index contributed by atoms with van der Waals surface area (Å²) in [5.74, 6) is 1.21. The van der Waals surface area contributed by atoms with Crippen molar-refractivity contribution in [2.24, 2.45) is 0 Å². The van der Waals surface area contributed by atoms with Gasteiger partial charge in [-0.3, -0.25) is 0 Å². The van der Waals surface area contributed by atoms with Gasteiger partial charge < -0.3 is 11.1 Å². The molecule has 2 heterocycles. The second-order valence-corrected chi connectivity index (χ2v) is 5.76. The summed E-state index contributed by atoms with van der Waals surface area (Å²) in [4.78, 5) is 12.8. The molecular formula is C19H17N5. The molecule has 0 aliphatic carbocycles. The topological polar surface area (TPSA) is 76.7 Å². The molecule has 1 unspecified atom stereocenters. The van der Waals surface area contributed by atoms with Crippen molar-refractivity contribution in [3.63, 3.8) is 0 Å². The number of anilines is 2. The minimum absolute atomic E-state index is 0.0896. The Hall–Kier alpha value is -3.21. The highest BCUT2D eigenvalue weighted by Gasteiger charge is 2.12. The van der Waals surface area contributed by atoms with E-state index in [1.807, 2.05) is 6.07 Å². The van der Waals surface area contributed by atoms with Crippen molar-refractivity contribution < 1.29 is 0 Å². The van der Waals surface area contributed by atoms with Crippen LogP contribution in [0.3, 0.4) is 0 Å². The summed E-state index contributed by atoms with van der Waals surface area (Å²) in [5.41, 5.74) is 7.56. The molecule has 118 valence electrons.